The van der Waals surface area contributed by atoms with E-state index in [1.54, 1.807) is 0 Å². The van der Waals surface area contributed by atoms with E-state index in [1.807, 2.05) is 4.68 Å². The van der Waals surface area contributed by atoms with Crippen molar-refractivity contribution in [1.82, 2.24) is 15.0 Å². The third-order valence-corrected chi connectivity index (χ3v) is 8.08. The fourth-order valence-electron chi connectivity index (χ4n) is 5.53. The van der Waals surface area contributed by atoms with Crippen LogP contribution in [0.5, 0.6) is 0 Å². The summed E-state index contributed by atoms with van der Waals surface area (Å²) >= 11 is 0. The van der Waals surface area contributed by atoms with Gasteiger partial charge in [0.25, 0.3) is 0 Å². The van der Waals surface area contributed by atoms with Crippen LogP contribution in [-0.2, 0) is 19.5 Å². The van der Waals surface area contributed by atoms with Crippen LogP contribution < -0.4 is 4.90 Å². The van der Waals surface area contributed by atoms with Crippen molar-refractivity contribution in [3.8, 4) is 0 Å². The van der Waals surface area contributed by atoms with Crippen molar-refractivity contribution in [2.24, 2.45) is 0 Å². The maximum absolute atomic E-state index is 4.53. The smallest absolute Gasteiger partial charge is 0.119 e. The summed E-state index contributed by atoms with van der Waals surface area (Å²) in [5.41, 5.74) is 8.46. The van der Waals surface area contributed by atoms with Crippen LogP contribution in [0, 0.1) is 6.92 Å². The zero-order valence-corrected chi connectivity index (χ0v) is 25.2. The Bertz CT molecular complexity index is 1200. The van der Waals surface area contributed by atoms with Gasteiger partial charge in [0.2, 0.25) is 0 Å². The molecule has 1 heterocycles. The Kier molecular flexibility index (Phi) is 12.1. The molecule has 0 amide bonds. The van der Waals surface area contributed by atoms with Gasteiger partial charge in [-0.05, 0) is 85.7 Å². The highest BCUT2D eigenvalue weighted by molar-refractivity contribution is 5.75. The molecule has 4 aromatic rings. The normalized spacial score (nSPS) is 11.4. The molecule has 0 radical (unpaired) electrons. The molecule has 0 aliphatic heterocycles. The van der Waals surface area contributed by atoms with Gasteiger partial charge in [0.1, 0.15) is 12.2 Å². The summed E-state index contributed by atoms with van der Waals surface area (Å²) in [4.78, 5) is 2.36. The van der Waals surface area contributed by atoms with Crippen molar-refractivity contribution < 1.29 is 0 Å². The lowest BCUT2D eigenvalue weighted by Crippen LogP contribution is -2.22. The number of aromatic nitrogens is 3. The highest BCUT2D eigenvalue weighted by Crippen LogP contribution is 2.28. The number of unbranched alkanes of at least 4 members (excludes halogenated alkanes) is 10. The van der Waals surface area contributed by atoms with E-state index < -0.39 is 0 Å². The molecule has 4 nitrogen and oxygen atoms in total. The lowest BCUT2D eigenvalue weighted by Gasteiger charge is -2.25. The van der Waals surface area contributed by atoms with Crippen molar-refractivity contribution in [3.63, 3.8) is 0 Å². The first-order chi connectivity index (χ1) is 19.7. The van der Waals surface area contributed by atoms with Gasteiger partial charge in [0, 0.05) is 11.4 Å². The van der Waals surface area contributed by atoms with E-state index in [1.165, 1.54) is 105 Å². The first kappa shape index (κ1) is 29.8. The lowest BCUT2D eigenvalue weighted by atomic mass is 10.0. The largest absolute Gasteiger partial charge is 0.321 e. The first-order valence-electron chi connectivity index (χ1n) is 15.9. The SMILES string of the molecule is CCCCCCCCc1ccc(N(Cn2nnc3ccc(C)cc32)c2ccc(CCCCCCCC)cc2)cc1. The van der Waals surface area contributed by atoms with Crippen molar-refractivity contribution >= 4 is 22.4 Å². The van der Waals surface area contributed by atoms with Crippen LogP contribution in [0.4, 0.5) is 11.4 Å². The van der Waals surface area contributed by atoms with Crippen LogP contribution in [-0.4, -0.2) is 15.0 Å². The van der Waals surface area contributed by atoms with Gasteiger partial charge < -0.3 is 4.90 Å². The number of anilines is 2. The summed E-state index contributed by atoms with van der Waals surface area (Å²) in [5, 5.41) is 8.96. The second kappa shape index (κ2) is 16.2. The number of nitrogens with zero attached hydrogens (tertiary/aromatic N) is 4. The number of rotatable bonds is 18. The molecule has 0 N–H and O–H groups in total. The highest BCUT2D eigenvalue weighted by atomic mass is 15.5. The van der Waals surface area contributed by atoms with E-state index in [9.17, 15) is 0 Å². The van der Waals surface area contributed by atoms with Gasteiger partial charge >= 0.3 is 0 Å². The Morgan fingerprint density at radius 2 is 1.10 bits per heavy atom. The Morgan fingerprint density at radius 1 is 0.600 bits per heavy atom. The van der Waals surface area contributed by atoms with Gasteiger partial charge in [0.15, 0.2) is 0 Å². The molecule has 0 aliphatic carbocycles. The summed E-state index contributed by atoms with van der Waals surface area (Å²) in [6.07, 6.45) is 18.4. The molecule has 4 heteroatoms. The molecule has 0 unspecified atom stereocenters. The predicted molar refractivity (Wildman–Crippen MR) is 171 cm³/mol. The minimum absolute atomic E-state index is 0.619. The Hall–Kier alpha value is -3.14. The van der Waals surface area contributed by atoms with Crippen LogP contribution in [0.25, 0.3) is 11.0 Å². The molecular formula is C36H50N4. The Morgan fingerprint density at radius 3 is 1.62 bits per heavy atom. The fourth-order valence-corrected chi connectivity index (χ4v) is 5.53. The van der Waals surface area contributed by atoms with Crippen LogP contribution in [0.15, 0.2) is 66.7 Å². The number of hydrogen-bond donors (Lipinski definition) is 0. The Labute approximate surface area is 242 Å². The number of benzene rings is 3. The maximum Gasteiger partial charge on any atom is 0.119 e. The van der Waals surface area contributed by atoms with Crippen molar-refractivity contribution in [2.45, 2.75) is 117 Å². The van der Waals surface area contributed by atoms with Gasteiger partial charge in [0.05, 0.1) is 5.52 Å². The predicted octanol–water partition coefficient (Wildman–Crippen LogP) is 10.3. The van der Waals surface area contributed by atoms with Gasteiger partial charge in [-0.2, -0.15) is 0 Å². The average molecular weight is 539 g/mol. The average Bonchev–Trinajstić information content (AvgIpc) is 3.38. The summed E-state index contributed by atoms with van der Waals surface area (Å²) in [7, 11) is 0. The van der Waals surface area contributed by atoms with E-state index in [0.717, 1.165) is 23.9 Å². The van der Waals surface area contributed by atoms with E-state index in [4.69, 9.17) is 0 Å². The van der Waals surface area contributed by atoms with E-state index >= 15 is 0 Å². The first-order valence-corrected chi connectivity index (χ1v) is 15.9. The molecule has 0 aliphatic rings. The van der Waals surface area contributed by atoms with E-state index in [2.05, 4.69) is 103 Å². The molecule has 0 saturated carbocycles. The summed E-state index contributed by atoms with van der Waals surface area (Å²) in [5.74, 6) is 0. The summed E-state index contributed by atoms with van der Waals surface area (Å²) in [6.45, 7) is 7.30. The highest BCUT2D eigenvalue weighted by Gasteiger charge is 2.14. The number of fused-ring (bicyclic) bond motifs is 1. The van der Waals surface area contributed by atoms with Crippen molar-refractivity contribution in [2.75, 3.05) is 4.90 Å². The molecular weight excluding hydrogens is 488 g/mol. The second-order valence-corrected chi connectivity index (χ2v) is 11.5. The summed E-state index contributed by atoms with van der Waals surface area (Å²) in [6, 6.07) is 24.7. The van der Waals surface area contributed by atoms with Gasteiger partial charge in [-0.15, -0.1) is 5.10 Å². The molecule has 0 atom stereocenters. The van der Waals surface area contributed by atoms with Gasteiger partial charge in [-0.3, -0.25) is 0 Å². The lowest BCUT2D eigenvalue weighted by molar-refractivity contribution is 0.606. The van der Waals surface area contributed by atoms with Crippen LogP contribution in [0.3, 0.4) is 0 Å². The van der Waals surface area contributed by atoms with Crippen LogP contribution in [0.2, 0.25) is 0 Å². The van der Waals surface area contributed by atoms with Crippen LogP contribution >= 0.6 is 0 Å². The van der Waals surface area contributed by atoms with Crippen molar-refractivity contribution in [1.29, 1.82) is 0 Å². The molecule has 0 fully saturated rings. The van der Waals surface area contributed by atoms with Gasteiger partial charge in [-0.1, -0.05) is 114 Å². The standard InChI is InChI=1S/C36H50N4/c1-4-6-8-10-12-14-16-31-19-23-33(24-20-31)39(29-40-36-28-30(3)18-27-35(36)37-38-40)34-25-21-32(22-26-34)17-15-13-11-9-7-5-2/h18-28H,4-17,29H2,1-3H3. The third-order valence-electron chi connectivity index (χ3n) is 8.08. The van der Waals surface area contributed by atoms with Gasteiger partial charge in [-0.25, -0.2) is 4.68 Å². The zero-order valence-electron chi connectivity index (χ0n) is 25.2. The molecule has 4 rings (SSSR count). The second-order valence-electron chi connectivity index (χ2n) is 11.5. The molecule has 40 heavy (non-hydrogen) atoms. The molecule has 1 aromatic heterocycles. The number of hydrogen-bond acceptors (Lipinski definition) is 3. The molecule has 214 valence electrons. The quantitative estimate of drug-likeness (QED) is 0.118. The number of aryl methyl sites for hydroxylation is 3. The zero-order chi connectivity index (χ0) is 28.0. The van der Waals surface area contributed by atoms with E-state index in [-0.39, 0.29) is 0 Å². The fraction of sp³-hybridized carbons (Fsp3) is 0.500. The molecule has 0 saturated heterocycles. The molecule has 0 bridgehead atoms. The maximum atomic E-state index is 4.53. The van der Waals surface area contributed by atoms with Crippen molar-refractivity contribution in [3.05, 3.63) is 83.4 Å². The molecule has 3 aromatic carbocycles. The molecule has 0 spiro atoms. The Balaban J connectivity index is 1.46. The minimum Gasteiger partial charge on any atom is -0.321 e. The van der Waals surface area contributed by atoms with Crippen LogP contribution in [0.1, 0.15) is 108 Å². The third kappa shape index (κ3) is 8.94. The monoisotopic (exact) mass is 538 g/mol. The topological polar surface area (TPSA) is 34.0 Å². The minimum atomic E-state index is 0.619. The van der Waals surface area contributed by atoms with E-state index in [0.29, 0.717) is 6.67 Å². The summed E-state index contributed by atoms with van der Waals surface area (Å²) < 4.78 is 2.02.